The minimum Gasteiger partial charge on any atom is -0.379 e. The maximum Gasteiger partial charge on any atom is 0.262 e. The first-order valence-electron chi connectivity index (χ1n) is 9.65. The average molecular weight is 421 g/mol. The van der Waals surface area contributed by atoms with E-state index in [-0.39, 0.29) is 23.5 Å². The van der Waals surface area contributed by atoms with Crippen molar-refractivity contribution in [2.24, 2.45) is 5.92 Å². The lowest BCUT2D eigenvalue weighted by molar-refractivity contribution is -0.131. The molecule has 0 bridgehead atoms. The molecule has 1 fully saturated rings. The molecule has 0 aliphatic carbocycles. The Morgan fingerprint density at radius 2 is 2.27 bits per heavy atom. The largest absolute Gasteiger partial charge is 0.379 e. The lowest BCUT2D eigenvalue weighted by Crippen LogP contribution is -2.47. The summed E-state index contributed by atoms with van der Waals surface area (Å²) < 4.78 is 31.7. The summed E-state index contributed by atoms with van der Waals surface area (Å²) in [4.78, 5) is 37.5. The van der Waals surface area contributed by atoms with Crippen molar-refractivity contribution in [3.05, 3.63) is 36.3 Å². The molecule has 2 amide bonds. The highest BCUT2D eigenvalue weighted by Gasteiger charge is 2.31. The molecule has 2 atom stereocenters. The van der Waals surface area contributed by atoms with Gasteiger partial charge in [-0.1, -0.05) is 6.58 Å². The number of aromatic amines is 1. The third-order valence-corrected chi connectivity index (χ3v) is 5.19. The van der Waals surface area contributed by atoms with Crippen LogP contribution in [0.15, 0.2) is 25.0 Å². The predicted molar refractivity (Wildman–Crippen MR) is 106 cm³/mol. The van der Waals surface area contributed by atoms with Gasteiger partial charge >= 0.3 is 0 Å². The number of aromatic nitrogens is 3. The SMILES string of the molecule is C=CC(=O)N1CC[C@@H](Cc2cnc3[nH]cc(C(=O)NCC(C)(F)F)c3n2)[C@@H](OC)C1. The second-order valence-corrected chi connectivity index (χ2v) is 7.53. The van der Waals surface area contributed by atoms with Gasteiger partial charge in [0.15, 0.2) is 5.65 Å². The van der Waals surface area contributed by atoms with E-state index >= 15 is 0 Å². The first-order valence-corrected chi connectivity index (χ1v) is 9.65. The number of hydrogen-bond donors (Lipinski definition) is 2. The zero-order valence-electron chi connectivity index (χ0n) is 17.0. The molecule has 2 N–H and O–H groups in total. The number of likely N-dealkylation sites (tertiary alicyclic amines) is 1. The van der Waals surface area contributed by atoms with Gasteiger partial charge in [-0.05, 0) is 24.8 Å². The van der Waals surface area contributed by atoms with Gasteiger partial charge in [0.1, 0.15) is 5.52 Å². The van der Waals surface area contributed by atoms with E-state index in [1.807, 2.05) is 0 Å². The number of piperidine rings is 1. The van der Waals surface area contributed by atoms with Crippen molar-refractivity contribution in [3.8, 4) is 0 Å². The molecular formula is C20H25F2N5O3. The van der Waals surface area contributed by atoms with Gasteiger partial charge in [-0.25, -0.2) is 18.7 Å². The van der Waals surface area contributed by atoms with Gasteiger partial charge in [0.2, 0.25) is 5.91 Å². The molecule has 3 heterocycles. The first-order chi connectivity index (χ1) is 14.2. The summed E-state index contributed by atoms with van der Waals surface area (Å²) in [6.07, 6.45) is 5.44. The van der Waals surface area contributed by atoms with Crippen LogP contribution in [-0.4, -0.2) is 70.4 Å². The van der Waals surface area contributed by atoms with E-state index in [0.29, 0.717) is 36.4 Å². The maximum atomic E-state index is 13.0. The lowest BCUT2D eigenvalue weighted by atomic mass is 9.89. The van der Waals surface area contributed by atoms with Crippen LogP contribution in [0.3, 0.4) is 0 Å². The molecule has 0 spiro atoms. The summed E-state index contributed by atoms with van der Waals surface area (Å²) in [5.41, 5.74) is 1.56. The Labute approximate surface area is 172 Å². The topological polar surface area (TPSA) is 100 Å². The molecule has 0 radical (unpaired) electrons. The number of hydrogen-bond acceptors (Lipinski definition) is 5. The Balaban J connectivity index is 1.75. The van der Waals surface area contributed by atoms with Crippen LogP contribution < -0.4 is 5.32 Å². The average Bonchev–Trinajstić information content (AvgIpc) is 3.14. The van der Waals surface area contributed by atoms with Gasteiger partial charge < -0.3 is 19.9 Å². The van der Waals surface area contributed by atoms with Crippen LogP contribution >= 0.6 is 0 Å². The number of carbonyl (C=O) groups is 2. The third-order valence-electron chi connectivity index (χ3n) is 5.19. The molecule has 0 saturated carbocycles. The Morgan fingerprint density at radius 1 is 1.50 bits per heavy atom. The van der Waals surface area contributed by atoms with E-state index in [4.69, 9.17) is 4.74 Å². The zero-order chi connectivity index (χ0) is 21.9. The van der Waals surface area contributed by atoms with E-state index < -0.39 is 18.4 Å². The fourth-order valence-electron chi connectivity index (χ4n) is 3.59. The quantitative estimate of drug-likeness (QED) is 0.666. The van der Waals surface area contributed by atoms with Crippen LogP contribution in [0, 0.1) is 5.92 Å². The fraction of sp³-hybridized carbons (Fsp3) is 0.500. The number of nitrogens with one attached hydrogen (secondary N) is 2. The Bertz CT molecular complexity index is 940. The molecule has 3 rings (SSSR count). The van der Waals surface area contributed by atoms with E-state index in [1.165, 1.54) is 12.3 Å². The maximum absolute atomic E-state index is 13.0. The molecule has 2 aromatic rings. The lowest BCUT2D eigenvalue weighted by Gasteiger charge is -2.37. The summed E-state index contributed by atoms with van der Waals surface area (Å²) in [6, 6.07) is 0. The van der Waals surface area contributed by atoms with Gasteiger partial charge in [-0.15, -0.1) is 0 Å². The molecule has 10 heteroatoms. The normalized spacial score (nSPS) is 19.7. The van der Waals surface area contributed by atoms with Crippen LogP contribution in [0.25, 0.3) is 11.2 Å². The van der Waals surface area contributed by atoms with Gasteiger partial charge in [0.05, 0.1) is 30.1 Å². The molecule has 8 nitrogen and oxygen atoms in total. The number of halogens is 2. The molecule has 2 aromatic heterocycles. The first kappa shape index (κ1) is 21.8. The smallest absolute Gasteiger partial charge is 0.262 e. The molecule has 0 unspecified atom stereocenters. The van der Waals surface area contributed by atoms with E-state index in [0.717, 1.165) is 13.3 Å². The van der Waals surface area contributed by atoms with Crippen molar-refractivity contribution in [2.45, 2.75) is 31.8 Å². The second kappa shape index (κ2) is 8.86. The van der Waals surface area contributed by atoms with E-state index in [1.54, 1.807) is 18.2 Å². The highest BCUT2D eigenvalue weighted by Crippen LogP contribution is 2.25. The molecule has 1 saturated heterocycles. The second-order valence-electron chi connectivity index (χ2n) is 7.53. The standard InChI is InChI=1S/C20H25F2N5O3/c1-4-16(28)27-6-5-12(15(10-27)30-3)7-13-8-23-18-17(26-13)14(9-24-18)19(29)25-11-20(2,21)22/h4,8-9,12,15H,1,5-7,10-11H2,2-3H3,(H,23,24)(H,25,29)/t12-,15-/m0/s1. The summed E-state index contributed by atoms with van der Waals surface area (Å²) in [7, 11) is 1.60. The Kier molecular flexibility index (Phi) is 6.45. The third kappa shape index (κ3) is 4.99. The number of methoxy groups -OCH3 is 1. The number of fused-ring (bicyclic) bond motifs is 1. The molecular weight excluding hydrogens is 396 g/mol. The number of amides is 2. The van der Waals surface area contributed by atoms with E-state index in [9.17, 15) is 18.4 Å². The van der Waals surface area contributed by atoms with Crippen molar-refractivity contribution in [1.29, 1.82) is 0 Å². The number of nitrogens with zero attached hydrogens (tertiary/aromatic N) is 3. The summed E-state index contributed by atoms with van der Waals surface area (Å²) in [6.45, 7) is 4.55. The predicted octanol–water partition coefficient (Wildman–Crippen LogP) is 1.93. The van der Waals surface area contributed by atoms with Gasteiger partial charge in [0.25, 0.3) is 11.8 Å². The number of H-pyrrole nitrogens is 1. The van der Waals surface area contributed by atoms with Gasteiger partial charge in [-0.3, -0.25) is 9.59 Å². The molecule has 30 heavy (non-hydrogen) atoms. The monoisotopic (exact) mass is 421 g/mol. The van der Waals surface area contributed by atoms with Crippen molar-refractivity contribution >= 4 is 23.0 Å². The molecule has 1 aliphatic heterocycles. The number of rotatable bonds is 7. The number of carbonyl (C=O) groups excluding carboxylic acids is 2. The van der Waals surface area contributed by atoms with Crippen molar-refractivity contribution in [3.63, 3.8) is 0 Å². The van der Waals surface area contributed by atoms with Crippen LogP contribution in [-0.2, 0) is 16.0 Å². The van der Waals surface area contributed by atoms with Crippen LogP contribution in [0.5, 0.6) is 0 Å². The number of alkyl halides is 2. The highest BCUT2D eigenvalue weighted by molar-refractivity contribution is 6.04. The zero-order valence-corrected chi connectivity index (χ0v) is 17.0. The molecule has 1 aliphatic rings. The van der Waals surface area contributed by atoms with Crippen molar-refractivity contribution in [1.82, 2.24) is 25.2 Å². The van der Waals surface area contributed by atoms with Crippen LogP contribution in [0.1, 0.15) is 29.4 Å². The fourth-order valence-corrected chi connectivity index (χ4v) is 3.59. The van der Waals surface area contributed by atoms with Crippen LogP contribution in [0.4, 0.5) is 8.78 Å². The summed E-state index contributed by atoms with van der Waals surface area (Å²) in [5.74, 6) is -3.65. The molecule has 162 valence electrons. The minimum atomic E-state index is -3.00. The van der Waals surface area contributed by atoms with Gasteiger partial charge in [-0.2, -0.15) is 0 Å². The number of ether oxygens (including phenoxy) is 1. The summed E-state index contributed by atoms with van der Waals surface area (Å²) in [5, 5.41) is 2.21. The van der Waals surface area contributed by atoms with Gasteiger partial charge in [0, 0.05) is 33.3 Å². The Hall–Kier alpha value is -2.88. The summed E-state index contributed by atoms with van der Waals surface area (Å²) >= 11 is 0. The van der Waals surface area contributed by atoms with Crippen molar-refractivity contribution < 1.29 is 23.1 Å². The van der Waals surface area contributed by atoms with Crippen molar-refractivity contribution in [2.75, 3.05) is 26.7 Å². The Morgan fingerprint density at radius 3 is 2.93 bits per heavy atom. The highest BCUT2D eigenvalue weighted by atomic mass is 19.3. The van der Waals surface area contributed by atoms with Crippen LogP contribution in [0.2, 0.25) is 0 Å². The molecule has 0 aromatic carbocycles. The van der Waals surface area contributed by atoms with E-state index in [2.05, 4.69) is 26.8 Å². The minimum absolute atomic E-state index is 0.116.